The maximum Gasteiger partial charge on any atom is 0.142 e. The molecular formula is C27H19F3. The Morgan fingerprint density at radius 3 is 2.03 bits per heavy atom. The van der Waals surface area contributed by atoms with Gasteiger partial charge in [-0.2, -0.15) is 0 Å². The third-order valence-electron chi connectivity index (χ3n) is 5.00. The molecule has 0 aromatic heterocycles. The second kappa shape index (κ2) is 8.47. The van der Waals surface area contributed by atoms with Crippen LogP contribution in [-0.4, -0.2) is 0 Å². The van der Waals surface area contributed by atoms with Crippen molar-refractivity contribution in [1.29, 1.82) is 0 Å². The summed E-state index contributed by atoms with van der Waals surface area (Å²) >= 11 is 0. The molecule has 0 aliphatic rings. The monoisotopic (exact) mass is 400 g/mol. The molecule has 0 amide bonds. The lowest BCUT2D eigenvalue weighted by Crippen LogP contribution is -1.93. The normalized spacial score (nSPS) is 10.7. The first kappa shape index (κ1) is 19.8. The van der Waals surface area contributed by atoms with Crippen LogP contribution in [0.25, 0.3) is 21.9 Å². The molecule has 0 heterocycles. The summed E-state index contributed by atoms with van der Waals surface area (Å²) < 4.78 is 42.5. The number of benzene rings is 4. The molecule has 4 rings (SSSR count). The van der Waals surface area contributed by atoms with Crippen LogP contribution in [0.1, 0.15) is 30.0 Å². The van der Waals surface area contributed by atoms with Gasteiger partial charge in [0.2, 0.25) is 0 Å². The summed E-state index contributed by atoms with van der Waals surface area (Å²) in [7, 11) is 0. The lowest BCUT2D eigenvalue weighted by atomic mass is 10.0. The zero-order valence-corrected chi connectivity index (χ0v) is 16.5. The predicted octanol–water partition coefficient (Wildman–Crippen LogP) is 7.28. The van der Waals surface area contributed by atoms with E-state index >= 15 is 0 Å². The highest BCUT2D eigenvalue weighted by Gasteiger charge is 2.11. The molecule has 148 valence electrons. The zero-order chi connectivity index (χ0) is 21.1. The minimum Gasteiger partial charge on any atom is -0.207 e. The van der Waals surface area contributed by atoms with Gasteiger partial charge >= 0.3 is 0 Å². The van der Waals surface area contributed by atoms with Crippen LogP contribution in [0.5, 0.6) is 0 Å². The van der Waals surface area contributed by atoms with Gasteiger partial charge in [0.25, 0.3) is 0 Å². The summed E-state index contributed by atoms with van der Waals surface area (Å²) in [5.74, 6) is 3.70. The van der Waals surface area contributed by atoms with Gasteiger partial charge < -0.3 is 0 Å². The molecule has 30 heavy (non-hydrogen) atoms. The Hall–Kier alpha value is -3.51. The van der Waals surface area contributed by atoms with E-state index in [1.54, 1.807) is 24.3 Å². The maximum atomic E-state index is 14.6. The van der Waals surface area contributed by atoms with Gasteiger partial charge in [0, 0.05) is 5.56 Å². The van der Waals surface area contributed by atoms with E-state index in [0.717, 1.165) is 29.2 Å². The van der Waals surface area contributed by atoms with Crippen molar-refractivity contribution in [3.8, 4) is 23.0 Å². The van der Waals surface area contributed by atoms with Crippen LogP contribution in [0.2, 0.25) is 0 Å². The summed E-state index contributed by atoms with van der Waals surface area (Å²) in [6.45, 7) is 2.11. The SMILES string of the molecule is CCCc1ccc(-c2cc(F)c(C#Cc3ccc4cc(F)ccc4c3)c(F)c2)cc1. The smallest absolute Gasteiger partial charge is 0.142 e. The van der Waals surface area contributed by atoms with E-state index in [0.29, 0.717) is 11.1 Å². The highest BCUT2D eigenvalue weighted by atomic mass is 19.1. The number of aryl methyl sites for hydroxylation is 1. The fourth-order valence-electron chi connectivity index (χ4n) is 3.44. The third-order valence-corrected chi connectivity index (χ3v) is 5.00. The molecule has 0 saturated carbocycles. The lowest BCUT2D eigenvalue weighted by molar-refractivity contribution is 0.578. The summed E-state index contributed by atoms with van der Waals surface area (Å²) in [6, 6.07) is 20.0. The molecule has 0 spiro atoms. The Balaban J connectivity index is 1.64. The number of fused-ring (bicyclic) bond motifs is 1. The van der Waals surface area contributed by atoms with Crippen LogP contribution in [0, 0.1) is 29.3 Å². The molecule has 4 aromatic rings. The van der Waals surface area contributed by atoms with Gasteiger partial charge in [-0.25, -0.2) is 13.2 Å². The van der Waals surface area contributed by atoms with Crippen molar-refractivity contribution in [2.75, 3.05) is 0 Å². The van der Waals surface area contributed by atoms with Crippen LogP contribution >= 0.6 is 0 Å². The van der Waals surface area contributed by atoms with Crippen molar-refractivity contribution >= 4 is 10.8 Å². The van der Waals surface area contributed by atoms with E-state index < -0.39 is 11.6 Å². The largest absolute Gasteiger partial charge is 0.207 e. The Bertz CT molecular complexity index is 1250. The lowest BCUT2D eigenvalue weighted by Gasteiger charge is -2.06. The average Bonchev–Trinajstić information content (AvgIpc) is 2.74. The summed E-state index contributed by atoms with van der Waals surface area (Å²) in [5.41, 5.74) is 2.77. The van der Waals surface area contributed by atoms with Gasteiger partial charge in [0.05, 0.1) is 5.56 Å². The maximum absolute atomic E-state index is 14.6. The first-order chi connectivity index (χ1) is 14.5. The molecule has 4 aromatic carbocycles. The molecule has 0 bridgehead atoms. The van der Waals surface area contributed by atoms with Crippen molar-refractivity contribution in [3.63, 3.8) is 0 Å². The Labute approximate surface area is 174 Å². The molecule has 0 aliphatic carbocycles. The molecule has 0 atom stereocenters. The molecule has 0 saturated heterocycles. The third kappa shape index (κ3) is 4.23. The van der Waals surface area contributed by atoms with Crippen molar-refractivity contribution < 1.29 is 13.2 Å². The van der Waals surface area contributed by atoms with Crippen LogP contribution in [0.3, 0.4) is 0 Å². The van der Waals surface area contributed by atoms with E-state index in [1.165, 1.54) is 29.8 Å². The summed E-state index contributed by atoms with van der Waals surface area (Å²) in [5, 5.41) is 1.55. The Morgan fingerprint density at radius 2 is 1.33 bits per heavy atom. The van der Waals surface area contributed by atoms with Gasteiger partial charge in [-0.05, 0) is 70.3 Å². The number of hydrogen-bond acceptors (Lipinski definition) is 0. The minimum absolute atomic E-state index is 0.263. The quantitative estimate of drug-likeness (QED) is 0.317. The highest BCUT2D eigenvalue weighted by Crippen LogP contribution is 2.25. The van der Waals surface area contributed by atoms with Crippen LogP contribution in [-0.2, 0) is 6.42 Å². The first-order valence-electron chi connectivity index (χ1n) is 9.83. The van der Waals surface area contributed by atoms with Gasteiger partial charge in [-0.1, -0.05) is 61.6 Å². The van der Waals surface area contributed by atoms with E-state index in [2.05, 4.69) is 18.8 Å². The Morgan fingerprint density at radius 1 is 0.667 bits per heavy atom. The Kier molecular flexibility index (Phi) is 5.59. The number of halogens is 3. The van der Waals surface area contributed by atoms with Gasteiger partial charge in [-0.15, -0.1) is 0 Å². The molecule has 0 aliphatic heterocycles. The second-order valence-corrected chi connectivity index (χ2v) is 7.22. The van der Waals surface area contributed by atoms with E-state index in [9.17, 15) is 13.2 Å². The van der Waals surface area contributed by atoms with Gasteiger partial charge in [-0.3, -0.25) is 0 Å². The predicted molar refractivity (Wildman–Crippen MR) is 116 cm³/mol. The summed E-state index contributed by atoms with van der Waals surface area (Å²) in [4.78, 5) is 0. The van der Waals surface area contributed by atoms with E-state index in [4.69, 9.17) is 0 Å². The van der Waals surface area contributed by atoms with Gasteiger partial charge in [0.1, 0.15) is 17.5 Å². The number of rotatable bonds is 3. The molecule has 0 N–H and O–H groups in total. The van der Waals surface area contributed by atoms with E-state index in [-0.39, 0.29) is 11.4 Å². The minimum atomic E-state index is -0.696. The van der Waals surface area contributed by atoms with Crippen molar-refractivity contribution in [2.24, 2.45) is 0 Å². The first-order valence-corrected chi connectivity index (χ1v) is 9.83. The average molecular weight is 400 g/mol. The molecule has 0 nitrogen and oxygen atoms in total. The fraction of sp³-hybridized carbons (Fsp3) is 0.111. The van der Waals surface area contributed by atoms with Crippen molar-refractivity contribution in [1.82, 2.24) is 0 Å². The van der Waals surface area contributed by atoms with Crippen LogP contribution in [0.4, 0.5) is 13.2 Å². The van der Waals surface area contributed by atoms with E-state index in [1.807, 2.05) is 24.3 Å². The standard InChI is InChI=1S/C27H19F3/c1-2-3-18-4-8-20(9-5-18)23-16-26(29)25(27(30)17-23)13-7-19-6-10-22-15-24(28)12-11-21(22)14-19/h4-6,8-12,14-17H,2-3H2,1H3. The highest BCUT2D eigenvalue weighted by molar-refractivity contribution is 5.84. The van der Waals surface area contributed by atoms with Gasteiger partial charge in [0.15, 0.2) is 0 Å². The molecule has 3 heteroatoms. The molecule has 0 unspecified atom stereocenters. The topological polar surface area (TPSA) is 0 Å². The molecular weight excluding hydrogens is 381 g/mol. The van der Waals surface area contributed by atoms with Crippen molar-refractivity contribution in [2.45, 2.75) is 19.8 Å². The zero-order valence-electron chi connectivity index (χ0n) is 16.5. The molecule has 0 fully saturated rings. The number of hydrogen-bond donors (Lipinski definition) is 0. The van der Waals surface area contributed by atoms with Crippen LogP contribution in [0.15, 0.2) is 72.8 Å². The van der Waals surface area contributed by atoms with Crippen molar-refractivity contribution in [3.05, 3.63) is 107 Å². The second-order valence-electron chi connectivity index (χ2n) is 7.22. The summed E-state index contributed by atoms with van der Waals surface area (Å²) in [6.07, 6.45) is 2.02. The van der Waals surface area contributed by atoms with Crippen LogP contribution < -0.4 is 0 Å². The fourth-order valence-corrected chi connectivity index (χ4v) is 3.44. The molecule has 0 radical (unpaired) electrons.